The number of hydrogen-bond donors (Lipinski definition) is 3. The molecule has 1 aromatic carbocycles. The number of carbonyl (C=O) groups is 3. The quantitative estimate of drug-likeness (QED) is 0.677. The number of fused-ring (bicyclic) bond motifs is 1. The first-order valence-electron chi connectivity index (χ1n) is 7.91. The van der Waals surface area contributed by atoms with Crippen LogP contribution in [0.5, 0.6) is 0 Å². The van der Waals surface area contributed by atoms with E-state index in [-0.39, 0.29) is 24.7 Å². The molecule has 3 rings (SSSR count). The molecule has 1 fully saturated rings. The molecule has 2 heterocycles. The molecule has 3 N–H and O–H groups in total. The zero-order valence-corrected chi connectivity index (χ0v) is 13.3. The van der Waals surface area contributed by atoms with E-state index in [0.717, 1.165) is 23.1 Å². The van der Waals surface area contributed by atoms with E-state index in [1.165, 1.54) is 0 Å². The summed E-state index contributed by atoms with van der Waals surface area (Å²) in [6.07, 6.45) is 0.429. The molecule has 4 amide bonds. The van der Waals surface area contributed by atoms with Gasteiger partial charge in [-0.25, -0.2) is 4.79 Å². The van der Waals surface area contributed by atoms with Crippen molar-refractivity contribution in [2.75, 3.05) is 0 Å². The molecule has 1 aliphatic heterocycles. The average Bonchev–Trinajstić information content (AvgIpc) is 3.10. The Bertz CT molecular complexity index is 798. The summed E-state index contributed by atoms with van der Waals surface area (Å²) in [5, 5.41) is 13.0. The van der Waals surface area contributed by atoms with Crippen LogP contribution in [0.25, 0.3) is 10.9 Å². The number of benzene rings is 1. The molecule has 0 aliphatic carbocycles. The standard InChI is InChI=1S/C16H19N5O3/c1-2-21-13-6-4-3-5-10(13)12(20-21)9-17-14(22)8-7-11-15(23)19-16(24)18-11/h3-6,11H,2,7-9H2,1H3,(H,17,22)(H2,18,19,23,24)/t11-/m0/s1. The van der Waals surface area contributed by atoms with Gasteiger partial charge in [-0.3, -0.25) is 19.6 Å². The van der Waals surface area contributed by atoms with E-state index in [1.807, 2.05) is 35.9 Å². The molecular weight excluding hydrogens is 310 g/mol. The molecular formula is C16H19N5O3. The van der Waals surface area contributed by atoms with Gasteiger partial charge in [-0.05, 0) is 19.4 Å². The summed E-state index contributed by atoms with van der Waals surface area (Å²) in [7, 11) is 0. The highest BCUT2D eigenvalue weighted by Crippen LogP contribution is 2.18. The second-order valence-electron chi connectivity index (χ2n) is 5.61. The summed E-state index contributed by atoms with van der Waals surface area (Å²) < 4.78 is 1.90. The summed E-state index contributed by atoms with van der Waals surface area (Å²) in [6, 6.07) is 6.73. The smallest absolute Gasteiger partial charge is 0.322 e. The van der Waals surface area contributed by atoms with Gasteiger partial charge in [0.1, 0.15) is 6.04 Å². The van der Waals surface area contributed by atoms with Gasteiger partial charge in [-0.1, -0.05) is 18.2 Å². The van der Waals surface area contributed by atoms with Crippen LogP contribution >= 0.6 is 0 Å². The zero-order valence-electron chi connectivity index (χ0n) is 13.3. The highest BCUT2D eigenvalue weighted by atomic mass is 16.2. The van der Waals surface area contributed by atoms with Crippen molar-refractivity contribution >= 4 is 28.7 Å². The minimum atomic E-state index is -0.636. The number of amides is 4. The molecule has 0 unspecified atom stereocenters. The van der Waals surface area contributed by atoms with Crippen LogP contribution < -0.4 is 16.0 Å². The minimum absolute atomic E-state index is 0.158. The third-order valence-electron chi connectivity index (χ3n) is 4.01. The molecule has 1 aliphatic rings. The highest BCUT2D eigenvalue weighted by Gasteiger charge is 2.29. The van der Waals surface area contributed by atoms with E-state index in [9.17, 15) is 14.4 Å². The van der Waals surface area contributed by atoms with Crippen LogP contribution in [0.15, 0.2) is 24.3 Å². The van der Waals surface area contributed by atoms with E-state index in [4.69, 9.17) is 0 Å². The van der Waals surface area contributed by atoms with E-state index in [0.29, 0.717) is 6.54 Å². The SMILES string of the molecule is CCn1nc(CNC(=O)CC[C@@H]2NC(=O)NC2=O)c2ccccc21. The molecule has 0 saturated carbocycles. The van der Waals surface area contributed by atoms with Crippen molar-refractivity contribution in [2.45, 2.75) is 38.9 Å². The van der Waals surface area contributed by atoms with Crippen LogP contribution in [0.2, 0.25) is 0 Å². The Hall–Kier alpha value is -2.90. The first-order valence-corrected chi connectivity index (χ1v) is 7.91. The Morgan fingerprint density at radius 1 is 1.33 bits per heavy atom. The van der Waals surface area contributed by atoms with Gasteiger partial charge < -0.3 is 10.6 Å². The Morgan fingerprint density at radius 2 is 2.12 bits per heavy atom. The monoisotopic (exact) mass is 329 g/mol. The number of para-hydroxylation sites is 1. The van der Waals surface area contributed by atoms with Gasteiger partial charge in [0.05, 0.1) is 17.8 Å². The number of nitrogens with one attached hydrogen (secondary N) is 3. The summed E-state index contributed by atoms with van der Waals surface area (Å²) in [5.41, 5.74) is 1.85. The molecule has 24 heavy (non-hydrogen) atoms. The molecule has 8 heteroatoms. The van der Waals surface area contributed by atoms with Crippen LogP contribution in [0.1, 0.15) is 25.5 Å². The van der Waals surface area contributed by atoms with Gasteiger partial charge in [0.2, 0.25) is 5.91 Å². The molecule has 126 valence electrons. The molecule has 8 nitrogen and oxygen atoms in total. The van der Waals surface area contributed by atoms with Gasteiger partial charge in [-0.15, -0.1) is 0 Å². The van der Waals surface area contributed by atoms with Crippen molar-refractivity contribution in [3.05, 3.63) is 30.0 Å². The topological polar surface area (TPSA) is 105 Å². The Kier molecular flexibility index (Phi) is 4.45. The maximum Gasteiger partial charge on any atom is 0.322 e. The molecule has 0 spiro atoms. The number of rotatable bonds is 6. The maximum atomic E-state index is 12.0. The van der Waals surface area contributed by atoms with Crippen molar-refractivity contribution in [2.24, 2.45) is 0 Å². The Labute approximate surface area is 138 Å². The zero-order chi connectivity index (χ0) is 17.1. The summed E-state index contributed by atoms with van der Waals surface area (Å²) in [6.45, 7) is 3.10. The highest BCUT2D eigenvalue weighted by molar-refractivity contribution is 6.04. The predicted molar refractivity (Wildman–Crippen MR) is 87.0 cm³/mol. The normalized spacial score (nSPS) is 17.0. The van der Waals surface area contributed by atoms with Gasteiger partial charge in [0, 0.05) is 18.4 Å². The lowest BCUT2D eigenvalue weighted by Crippen LogP contribution is -2.31. The van der Waals surface area contributed by atoms with Gasteiger partial charge in [-0.2, -0.15) is 5.10 Å². The van der Waals surface area contributed by atoms with Gasteiger partial charge >= 0.3 is 6.03 Å². The number of aromatic nitrogens is 2. The van der Waals surface area contributed by atoms with E-state index < -0.39 is 12.1 Å². The van der Waals surface area contributed by atoms with Crippen LogP contribution in [0, 0.1) is 0 Å². The second-order valence-corrected chi connectivity index (χ2v) is 5.61. The number of imide groups is 1. The fourth-order valence-corrected chi connectivity index (χ4v) is 2.78. The van der Waals surface area contributed by atoms with E-state index >= 15 is 0 Å². The van der Waals surface area contributed by atoms with Crippen LogP contribution in [0.4, 0.5) is 4.79 Å². The molecule has 1 aromatic heterocycles. The summed E-state index contributed by atoms with van der Waals surface area (Å²) >= 11 is 0. The fraction of sp³-hybridized carbons (Fsp3) is 0.375. The number of carbonyl (C=O) groups excluding carboxylic acids is 3. The van der Waals surface area contributed by atoms with Crippen LogP contribution in [-0.2, 0) is 22.7 Å². The lowest BCUT2D eigenvalue weighted by Gasteiger charge is -2.07. The lowest BCUT2D eigenvalue weighted by atomic mass is 10.1. The first-order chi connectivity index (χ1) is 11.6. The first kappa shape index (κ1) is 16.0. The lowest BCUT2D eigenvalue weighted by molar-refractivity contribution is -0.122. The number of aryl methyl sites for hydroxylation is 1. The van der Waals surface area contributed by atoms with Crippen molar-refractivity contribution in [1.29, 1.82) is 0 Å². The predicted octanol–water partition coefficient (Wildman–Crippen LogP) is 0.661. The van der Waals surface area contributed by atoms with Crippen LogP contribution in [-0.4, -0.2) is 33.7 Å². The minimum Gasteiger partial charge on any atom is -0.350 e. The number of nitrogens with zero attached hydrogens (tertiary/aromatic N) is 2. The number of urea groups is 1. The summed E-state index contributed by atoms with van der Waals surface area (Å²) in [5.74, 6) is -0.570. The summed E-state index contributed by atoms with van der Waals surface area (Å²) in [4.78, 5) is 34.4. The molecule has 0 radical (unpaired) electrons. The third-order valence-corrected chi connectivity index (χ3v) is 4.01. The second kappa shape index (κ2) is 6.69. The Morgan fingerprint density at radius 3 is 2.83 bits per heavy atom. The Balaban J connectivity index is 1.57. The van der Waals surface area contributed by atoms with E-state index in [1.54, 1.807) is 0 Å². The molecule has 0 bridgehead atoms. The van der Waals surface area contributed by atoms with Crippen molar-refractivity contribution in [1.82, 2.24) is 25.7 Å². The third kappa shape index (κ3) is 3.22. The van der Waals surface area contributed by atoms with Crippen molar-refractivity contribution in [3.8, 4) is 0 Å². The average molecular weight is 329 g/mol. The van der Waals surface area contributed by atoms with Gasteiger partial charge in [0.15, 0.2) is 0 Å². The molecule has 2 aromatic rings. The largest absolute Gasteiger partial charge is 0.350 e. The van der Waals surface area contributed by atoms with Crippen molar-refractivity contribution < 1.29 is 14.4 Å². The maximum absolute atomic E-state index is 12.0. The molecule has 1 saturated heterocycles. The fourth-order valence-electron chi connectivity index (χ4n) is 2.78. The van der Waals surface area contributed by atoms with Crippen LogP contribution in [0.3, 0.4) is 0 Å². The van der Waals surface area contributed by atoms with Crippen molar-refractivity contribution in [3.63, 3.8) is 0 Å². The molecule has 1 atom stereocenters. The number of hydrogen-bond acceptors (Lipinski definition) is 4. The van der Waals surface area contributed by atoms with E-state index in [2.05, 4.69) is 21.0 Å². The van der Waals surface area contributed by atoms with Gasteiger partial charge in [0.25, 0.3) is 5.91 Å².